The Morgan fingerprint density at radius 1 is 1.57 bits per heavy atom. The Bertz CT molecular complexity index is 713. The summed E-state index contributed by atoms with van der Waals surface area (Å²) in [4.78, 5) is 13.8. The molecule has 6 nitrogen and oxygen atoms in total. The van der Waals surface area contributed by atoms with Crippen molar-refractivity contribution in [2.45, 2.75) is 12.5 Å². The maximum absolute atomic E-state index is 14.4. The van der Waals surface area contributed by atoms with E-state index in [2.05, 4.69) is 9.84 Å². The maximum Gasteiger partial charge on any atom is 0.343 e. The van der Waals surface area contributed by atoms with Crippen molar-refractivity contribution in [1.29, 1.82) is 0 Å². The van der Waals surface area contributed by atoms with Gasteiger partial charge in [0.25, 0.3) is 0 Å². The summed E-state index contributed by atoms with van der Waals surface area (Å²) >= 11 is 0. The van der Waals surface area contributed by atoms with E-state index in [4.69, 9.17) is 5.73 Å². The number of rotatable bonds is 2. The predicted octanol–water partition coefficient (Wildman–Crippen LogP) is 1.04. The lowest BCUT2D eigenvalue weighted by molar-refractivity contribution is 0.0597. The number of ether oxygens (including phenoxy) is 1. The van der Waals surface area contributed by atoms with Gasteiger partial charge in [-0.2, -0.15) is 5.10 Å². The first kappa shape index (κ1) is 13.8. The molecule has 7 heteroatoms. The molecule has 1 atom stereocenters. The number of hydrogen-bond donors (Lipinski definition) is 1. The second-order valence-electron chi connectivity index (χ2n) is 5.30. The summed E-state index contributed by atoms with van der Waals surface area (Å²) in [5.41, 5.74) is 6.83. The van der Waals surface area contributed by atoms with Crippen LogP contribution in [0, 0.1) is 5.82 Å². The van der Waals surface area contributed by atoms with Crippen LogP contribution in [-0.2, 0) is 11.8 Å². The fraction of sp³-hybridized carbons (Fsp3) is 0.429. The number of carbonyl (C=O) groups is 1. The molecule has 0 saturated carbocycles. The lowest BCUT2D eigenvalue weighted by Gasteiger charge is -2.19. The minimum Gasteiger partial charge on any atom is -0.465 e. The van der Waals surface area contributed by atoms with Gasteiger partial charge in [0, 0.05) is 37.8 Å². The lowest BCUT2D eigenvalue weighted by atomic mass is 10.1. The van der Waals surface area contributed by atoms with Crippen molar-refractivity contribution in [3.63, 3.8) is 0 Å². The molecule has 1 saturated heterocycles. The van der Waals surface area contributed by atoms with Crippen LogP contribution < -0.4 is 10.6 Å². The number of halogens is 1. The van der Waals surface area contributed by atoms with E-state index in [-0.39, 0.29) is 11.6 Å². The van der Waals surface area contributed by atoms with Gasteiger partial charge in [-0.1, -0.05) is 0 Å². The van der Waals surface area contributed by atoms with Crippen molar-refractivity contribution in [1.82, 2.24) is 9.78 Å². The summed E-state index contributed by atoms with van der Waals surface area (Å²) in [6.07, 6.45) is 2.64. The van der Waals surface area contributed by atoms with Crippen LogP contribution in [0.4, 0.5) is 10.1 Å². The molecular weight excluding hydrogens is 275 g/mol. The van der Waals surface area contributed by atoms with Crippen molar-refractivity contribution < 1.29 is 13.9 Å². The summed E-state index contributed by atoms with van der Waals surface area (Å²) in [6.45, 7) is 1.43. The largest absolute Gasteiger partial charge is 0.465 e. The predicted molar refractivity (Wildman–Crippen MR) is 76.8 cm³/mol. The molecule has 1 aromatic heterocycles. The smallest absolute Gasteiger partial charge is 0.343 e. The monoisotopic (exact) mass is 292 g/mol. The van der Waals surface area contributed by atoms with Crippen molar-refractivity contribution >= 4 is 22.6 Å². The van der Waals surface area contributed by atoms with E-state index in [0.29, 0.717) is 12.1 Å². The number of esters is 1. The van der Waals surface area contributed by atoms with E-state index in [1.807, 2.05) is 4.90 Å². The zero-order valence-electron chi connectivity index (χ0n) is 12.0. The molecule has 0 spiro atoms. The highest BCUT2D eigenvalue weighted by molar-refractivity contribution is 6.07. The first-order valence-electron chi connectivity index (χ1n) is 6.76. The lowest BCUT2D eigenvalue weighted by Crippen LogP contribution is -2.26. The Balaban J connectivity index is 2.21. The zero-order chi connectivity index (χ0) is 15.1. The first-order chi connectivity index (χ1) is 10.0. The molecule has 0 aliphatic carbocycles. The van der Waals surface area contributed by atoms with Crippen LogP contribution in [0.25, 0.3) is 10.9 Å². The molecule has 112 valence electrons. The number of aromatic nitrogens is 2. The average Bonchev–Trinajstić information content (AvgIpc) is 3.02. The third-order valence-electron chi connectivity index (χ3n) is 3.80. The zero-order valence-corrected chi connectivity index (χ0v) is 12.0. The van der Waals surface area contributed by atoms with Gasteiger partial charge in [0.15, 0.2) is 0 Å². The second kappa shape index (κ2) is 5.00. The highest BCUT2D eigenvalue weighted by atomic mass is 19.1. The van der Waals surface area contributed by atoms with Gasteiger partial charge in [-0.15, -0.1) is 0 Å². The molecule has 2 aromatic rings. The third kappa shape index (κ3) is 2.23. The van der Waals surface area contributed by atoms with E-state index >= 15 is 0 Å². The SMILES string of the molecule is COC(=O)c1c(F)cc(N2CCC(N)C2)c2cn(C)nc12. The van der Waals surface area contributed by atoms with Crippen LogP contribution in [0.1, 0.15) is 16.8 Å². The molecule has 0 radical (unpaired) electrons. The molecule has 3 rings (SSSR count). The Labute approximate surface area is 121 Å². The molecule has 2 heterocycles. The van der Waals surface area contributed by atoms with E-state index in [0.717, 1.165) is 24.0 Å². The van der Waals surface area contributed by atoms with Gasteiger partial charge in [-0.3, -0.25) is 4.68 Å². The maximum atomic E-state index is 14.4. The summed E-state index contributed by atoms with van der Waals surface area (Å²) in [6, 6.07) is 1.45. The van der Waals surface area contributed by atoms with Crippen LogP contribution in [0.3, 0.4) is 0 Å². The van der Waals surface area contributed by atoms with Crippen molar-refractivity contribution in [3.05, 3.63) is 23.6 Å². The molecule has 0 bridgehead atoms. The van der Waals surface area contributed by atoms with Crippen LogP contribution in [0.5, 0.6) is 0 Å². The highest BCUT2D eigenvalue weighted by Gasteiger charge is 2.26. The fourth-order valence-corrected chi connectivity index (χ4v) is 2.81. The number of benzene rings is 1. The van der Waals surface area contributed by atoms with Gasteiger partial charge in [0.05, 0.1) is 12.8 Å². The number of aryl methyl sites for hydroxylation is 1. The Kier molecular flexibility index (Phi) is 3.29. The van der Waals surface area contributed by atoms with E-state index in [9.17, 15) is 9.18 Å². The summed E-state index contributed by atoms with van der Waals surface area (Å²) in [7, 11) is 2.96. The van der Waals surface area contributed by atoms with Crippen molar-refractivity contribution in [3.8, 4) is 0 Å². The second-order valence-corrected chi connectivity index (χ2v) is 5.30. The first-order valence-corrected chi connectivity index (χ1v) is 6.76. The van der Waals surface area contributed by atoms with Crippen LogP contribution in [0.15, 0.2) is 12.3 Å². The Morgan fingerprint density at radius 2 is 2.33 bits per heavy atom. The Hall–Kier alpha value is -2.15. The summed E-state index contributed by atoms with van der Waals surface area (Å²) < 4.78 is 20.6. The Morgan fingerprint density at radius 3 is 2.95 bits per heavy atom. The third-order valence-corrected chi connectivity index (χ3v) is 3.80. The highest BCUT2D eigenvalue weighted by Crippen LogP contribution is 2.33. The van der Waals surface area contributed by atoms with Crippen LogP contribution in [0.2, 0.25) is 0 Å². The minimum absolute atomic E-state index is 0.0834. The van der Waals surface area contributed by atoms with Gasteiger partial charge < -0.3 is 15.4 Å². The molecule has 2 N–H and O–H groups in total. The van der Waals surface area contributed by atoms with E-state index in [1.54, 1.807) is 17.9 Å². The fourth-order valence-electron chi connectivity index (χ4n) is 2.81. The number of methoxy groups -OCH3 is 1. The quantitative estimate of drug-likeness (QED) is 0.837. The van der Waals surface area contributed by atoms with Gasteiger partial charge in [-0.05, 0) is 12.5 Å². The topological polar surface area (TPSA) is 73.4 Å². The standard InChI is InChI=1S/C14H17FN4O2/c1-18-7-9-11(19-4-3-8(16)6-19)5-10(15)12(13(9)17-18)14(20)21-2/h5,7-8H,3-4,6,16H2,1-2H3. The van der Waals surface area contributed by atoms with Crippen LogP contribution >= 0.6 is 0 Å². The molecule has 1 aliphatic rings. The van der Waals surface area contributed by atoms with Crippen molar-refractivity contribution in [2.75, 3.05) is 25.1 Å². The van der Waals surface area contributed by atoms with Gasteiger partial charge in [0.2, 0.25) is 0 Å². The number of nitrogens with two attached hydrogens (primary N) is 1. The number of anilines is 1. The molecule has 0 amide bonds. The molecule has 1 unspecified atom stereocenters. The van der Waals surface area contributed by atoms with Crippen LogP contribution in [-0.4, -0.2) is 42.0 Å². The number of nitrogens with zero attached hydrogens (tertiary/aromatic N) is 3. The van der Waals surface area contributed by atoms with E-state index < -0.39 is 11.8 Å². The van der Waals surface area contributed by atoms with E-state index in [1.165, 1.54) is 13.2 Å². The molecule has 1 aliphatic heterocycles. The van der Waals surface area contributed by atoms with Crippen molar-refractivity contribution in [2.24, 2.45) is 12.8 Å². The molecule has 1 aromatic carbocycles. The number of hydrogen-bond acceptors (Lipinski definition) is 5. The number of carbonyl (C=O) groups excluding carboxylic acids is 1. The molecular formula is C14H17FN4O2. The van der Waals surface area contributed by atoms with Gasteiger partial charge >= 0.3 is 5.97 Å². The minimum atomic E-state index is -0.721. The van der Waals surface area contributed by atoms with Gasteiger partial charge in [-0.25, -0.2) is 9.18 Å². The summed E-state index contributed by atoms with van der Waals surface area (Å²) in [5.74, 6) is -1.34. The summed E-state index contributed by atoms with van der Waals surface area (Å²) in [5, 5.41) is 4.94. The van der Waals surface area contributed by atoms with Gasteiger partial charge in [0.1, 0.15) is 16.9 Å². The molecule has 21 heavy (non-hydrogen) atoms. The average molecular weight is 292 g/mol. The number of fused-ring (bicyclic) bond motifs is 1. The normalized spacial score (nSPS) is 18.5. The molecule has 1 fully saturated rings.